The summed E-state index contributed by atoms with van der Waals surface area (Å²) in [5, 5.41) is 5.82. The van der Waals surface area contributed by atoms with Crippen LogP contribution < -0.4 is 10.2 Å². The molecule has 0 bridgehead atoms. The van der Waals surface area contributed by atoms with E-state index in [4.69, 9.17) is 4.74 Å². The van der Waals surface area contributed by atoms with Crippen molar-refractivity contribution in [2.45, 2.75) is 13.8 Å². The molecule has 0 saturated heterocycles. The Bertz CT molecular complexity index is 586. The summed E-state index contributed by atoms with van der Waals surface area (Å²) >= 11 is 1.56. The molecule has 104 valence electrons. The van der Waals surface area contributed by atoms with Gasteiger partial charge in [-0.25, -0.2) is 5.43 Å². The molecule has 4 nitrogen and oxygen atoms in total. The molecule has 0 aliphatic carbocycles. The van der Waals surface area contributed by atoms with Crippen LogP contribution in [0.1, 0.15) is 16.0 Å². The highest BCUT2D eigenvalue weighted by atomic mass is 32.1. The van der Waals surface area contributed by atoms with E-state index < -0.39 is 0 Å². The van der Waals surface area contributed by atoms with Crippen LogP contribution in [-0.4, -0.2) is 18.7 Å². The summed E-state index contributed by atoms with van der Waals surface area (Å²) in [4.78, 5) is 12.6. The fourth-order valence-corrected chi connectivity index (χ4v) is 2.31. The molecule has 20 heavy (non-hydrogen) atoms. The van der Waals surface area contributed by atoms with Gasteiger partial charge in [0.1, 0.15) is 5.75 Å². The van der Waals surface area contributed by atoms with Crippen molar-refractivity contribution < 1.29 is 9.53 Å². The number of hydrogen-bond acceptors (Lipinski definition) is 4. The highest BCUT2D eigenvalue weighted by molar-refractivity contribution is 7.11. The summed E-state index contributed by atoms with van der Waals surface area (Å²) in [6.45, 7) is 3.93. The maximum atomic E-state index is 11.6. The Morgan fingerprint density at radius 1 is 1.35 bits per heavy atom. The standard InChI is InChI=1S/C15H16N2O2S/c1-11-6-12(2)8-13(7-11)19-10-15(18)17-16-9-14-4-3-5-20-14/h3-9H,10H2,1-2H3,(H,17,18)/b16-9-. The summed E-state index contributed by atoms with van der Waals surface area (Å²) in [6.07, 6.45) is 1.61. The monoisotopic (exact) mass is 288 g/mol. The topological polar surface area (TPSA) is 50.7 Å². The molecule has 0 atom stereocenters. The quantitative estimate of drug-likeness (QED) is 0.679. The molecule has 1 amide bonds. The number of nitrogens with one attached hydrogen (secondary N) is 1. The fraction of sp³-hybridized carbons (Fsp3) is 0.200. The SMILES string of the molecule is Cc1cc(C)cc(OCC(=O)N/N=C\c2cccs2)c1. The number of nitrogens with zero attached hydrogens (tertiary/aromatic N) is 1. The van der Waals surface area contributed by atoms with Gasteiger partial charge in [-0.1, -0.05) is 12.1 Å². The zero-order valence-electron chi connectivity index (χ0n) is 11.4. The lowest BCUT2D eigenvalue weighted by atomic mass is 10.1. The third-order valence-corrected chi connectivity index (χ3v) is 3.30. The first-order valence-electron chi connectivity index (χ1n) is 6.20. The maximum absolute atomic E-state index is 11.6. The molecule has 0 aliphatic rings. The third kappa shape index (κ3) is 4.51. The van der Waals surface area contributed by atoms with Crippen LogP contribution in [0.25, 0.3) is 0 Å². The Morgan fingerprint density at radius 3 is 2.75 bits per heavy atom. The van der Waals surface area contributed by atoms with Crippen molar-refractivity contribution in [3.8, 4) is 5.75 Å². The number of rotatable bonds is 5. The smallest absolute Gasteiger partial charge is 0.277 e. The average Bonchev–Trinajstić information content (AvgIpc) is 2.88. The van der Waals surface area contributed by atoms with Crippen LogP contribution in [0.15, 0.2) is 40.8 Å². The Morgan fingerprint density at radius 2 is 2.10 bits per heavy atom. The van der Waals surface area contributed by atoms with Crippen molar-refractivity contribution >= 4 is 23.5 Å². The Balaban J connectivity index is 1.80. The molecule has 0 fully saturated rings. The normalized spacial score (nSPS) is 10.7. The van der Waals surface area contributed by atoms with Crippen LogP contribution in [0, 0.1) is 13.8 Å². The van der Waals surface area contributed by atoms with E-state index >= 15 is 0 Å². The molecule has 2 aromatic rings. The van der Waals surface area contributed by atoms with E-state index in [-0.39, 0.29) is 12.5 Å². The van der Waals surface area contributed by atoms with Crippen molar-refractivity contribution in [1.29, 1.82) is 0 Å². The van der Waals surface area contributed by atoms with E-state index in [1.54, 1.807) is 17.6 Å². The van der Waals surface area contributed by atoms with E-state index in [1.807, 2.05) is 43.5 Å². The molecule has 0 spiro atoms. The van der Waals surface area contributed by atoms with Gasteiger partial charge in [-0.15, -0.1) is 11.3 Å². The van der Waals surface area contributed by atoms with Gasteiger partial charge in [-0.05, 0) is 48.6 Å². The van der Waals surface area contributed by atoms with Crippen molar-refractivity contribution in [1.82, 2.24) is 5.43 Å². The lowest BCUT2D eigenvalue weighted by Gasteiger charge is -2.07. The molecule has 5 heteroatoms. The van der Waals surface area contributed by atoms with Crippen LogP contribution in [0.4, 0.5) is 0 Å². The highest BCUT2D eigenvalue weighted by Crippen LogP contribution is 2.15. The minimum absolute atomic E-state index is 0.0509. The minimum Gasteiger partial charge on any atom is -0.484 e. The average molecular weight is 288 g/mol. The first-order chi connectivity index (χ1) is 9.63. The number of thiophene rings is 1. The molecular weight excluding hydrogens is 272 g/mol. The maximum Gasteiger partial charge on any atom is 0.277 e. The van der Waals surface area contributed by atoms with Gasteiger partial charge in [0.25, 0.3) is 5.91 Å². The molecule has 0 saturated carbocycles. The Labute approximate surface area is 122 Å². The first-order valence-corrected chi connectivity index (χ1v) is 7.08. The molecule has 1 N–H and O–H groups in total. The van der Waals surface area contributed by atoms with Crippen molar-refractivity contribution in [2.24, 2.45) is 5.10 Å². The van der Waals surface area contributed by atoms with Gasteiger partial charge >= 0.3 is 0 Å². The zero-order valence-corrected chi connectivity index (χ0v) is 12.2. The summed E-state index contributed by atoms with van der Waals surface area (Å²) in [6, 6.07) is 9.70. The van der Waals surface area contributed by atoms with Crippen LogP contribution in [0.2, 0.25) is 0 Å². The molecular formula is C15H16N2O2S. The molecule has 0 radical (unpaired) electrons. The van der Waals surface area contributed by atoms with E-state index in [0.29, 0.717) is 5.75 Å². The van der Waals surface area contributed by atoms with Crippen molar-refractivity contribution in [2.75, 3.05) is 6.61 Å². The summed E-state index contributed by atoms with van der Waals surface area (Å²) in [5.74, 6) is 0.414. The van der Waals surface area contributed by atoms with Gasteiger partial charge in [0, 0.05) is 4.88 Å². The third-order valence-electron chi connectivity index (χ3n) is 2.49. The van der Waals surface area contributed by atoms with Gasteiger partial charge in [0.15, 0.2) is 6.61 Å². The fourth-order valence-electron chi connectivity index (χ4n) is 1.73. The Kier molecular flexibility index (Phi) is 4.90. The van der Waals surface area contributed by atoms with E-state index in [9.17, 15) is 4.79 Å². The second-order valence-electron chi connectivity index (χ2n) is 4.42. The number of hydrazone groups is 1. The Hall–Kier alpha value is -2.14. The lowest BCUT2D eigenvalue weighted by Crippen LogP contribution is -2.24. The van der Waals surface area contributed by atoms with Crippen molar-refractivity contribution in [3.63, 3.8) is 0 Å². The number of amides is 1. The summed E-state index contributed by atoms with van der Waals surface area (Å²) in [5.41, 5.74) is 4.65. The summed E-state index contributed by atoms with van der Waals surface area (Å²) < 4.78 is 5.43. The number of aryl methyl sites for hydroxylation is 2. The van der Waals surface area contributed by atoms with E-state index in [2.05, 4.69) is 16.6 Å². The second kappa shape index (κ2) is 6.86. The van der Waals surface area contributed by atoms with Crippen LogP contribution in [0.3, 0.4) is 0 Å². The zero-order chi connectivity index (χ0) is 14.4. The largest absolute Gasteiger partial charge is 0.484 e. The van der Waals surface area contributed by atoms with E-state index in [1.165, 1.54) is 0 Å². The molecule has 2 rings (SSSR count). The molecule has 1 aromatic heterocycles. The number of carbonyl (C=O) groups excluding carboxylic acids is 1. The van der Waals surface area contributed by atoms with Gasteiger partial charge in [-0.2, -0.15) is 5.10 Å². The second-order valence-corrected chi connectivity index (χ2v) is 5.40. The first kappa shape index (κ1) is 14.3. The molecule has 1 heterocycles. The van der Waals surface area contributed by atoms with Crippen molar-refractivity contribution in [3.05, 3.63) is 51.7 Å². The van der Waals surface area contributed by atoms with E-state index in [0.717, 1.165) is 16.0 Å². The minimum atomic E-state index is -0.281. The molecule has 1 aromatic carbocycles. The lowest BCUT2D eigenvalue weighted by molar-refractivity contribution is -0.123. The summed E-state index contributed by atoms with van der Waals surface area (Å²) in [7, 11) is 0. The highest BCUT2D eigenvalue weighted by Gasteiger charge is 2.02. The van der Waals surface area contributed by atoms with Crippen LogP contribution >= 0.6 is 11.3 Å². The van der Waals surface area contributed by atoms with Crippen LogP contribution in [0.5, 0.6) is 5.75 Å². The van der Waals surface area contributed by atoms with Gasteiger partial charge < -0.3 is 4.74 Å². The number of hydrogen-bond donors (Lipinski definition) is 1. The predicted molar refractivity (Wildman–Crippen MR) is 81.5 cm³/mol. The number of benzene rings is 1. The number of ether oxygens (including phenoxy) is 1. The number of carbonyl (C=O) groups is 1. The van der Waals surface area contributed by atoms with Crippen LogP contribution in [-0.2, 0) is 4.79 Å². The molecule has 0 unspecified atom stereocenters. The molecule has 0 aliphatic heterocycles. The van der Waals surface area contributed by atoms with Gasteiger partial charge in [-0.3, -0.25) is 4.79 Å². The predicted octanol–water partition coefficient (Wildman–Crippen LogP) is 2.89. The van der Waals surface area contributed by atoms with Gasteiger partial charge in [0.2, 0.25) is 0 Å². The van der Waals surface area contributed by atoms with Gasteiger partial charge in [0.05, 0.1) is 6.21 Å².